The number of amides is 5. The van der Waals surface area contributed by atoms with Gasteiger partial charge in [-0.05, 0) is 222 Å². The maximum atomic E-state index is 13.8. The van der Waals surface area contributed by atoms with Crippen LogP contribution in [0.5, 0.6) is 5.75 Å². The zero-order valence-electron chi connectivity index (χ0n) is 84.0. The molecule has 764 valence electrons. The molecule has 18 rings (SSSR count). The van der Waals surface area contributed by atoms with E-state index >= 15 is 0 Å². The third-order valence-corrected chi connectivity index (χ3v) is 28.2. The number of halogens is 8. The number of fused-ring (bicyclic) bond motifs is 5. The number of ether oxygens (including phenoxy) is 1. The minimum Gasteiger partial charge on any atom is -0.496 e. The van der Waals surface area contributed by atoms with Gasteiger partial charge in [0.2, 0.25) is 0 Å². The molecule has 34 heteroatoms. The second-order valence-electron chi connectivity index (χ2n) is 37.5. The van der Waals surface area contributed by atoms with Crippen molar-refractivity contribution >= 4 is 167 Å². The van der Waals surface area contributed by atoms with Crippen LogP contribution in [0, 0.1) is 11.7 Å². The van der Waals surface area contributed by atoms with Gasteiger partial charge in [-0.1, -0.05) is 212 Å². The molecule has 15 aromatic rings. The summed E-state index contributed by atoms with van der Waals surface area (Å²) >= 11 is 43.5. The highest BCUT2D eigenvalue weighted by Crippen LogP contribution is 2.40. The van der Waals surface area contributed by atoms with E-state index in [1.807, 2.05) is 98.5 Å². The van der Waals surface area contributed by atoms with Gasteiger partial charge in [-0.3, -0.25) is 24.0 Å². The van der Waals surface area contributed by atoms with Gasteiger partial charge in [-0.2, -0.15) is 0 Å². The summed E-state index contributed by atoms with van der Waals surface area (Å²) in [5.41, 5.74) is 10.5. The number of hydrogen-bond acceptors (Lipinski definition) is 16. The maximum Gasteiger partial charge on any atom is 0.258 e. The predicted molar refractivity (Wildman–Crippen MR) is 578 cm³/mol. The van der Waals surface area contributed by atoms with Crippen molar-refractivity contribution in [3.8, 4) is 5.75 Å². The second-order valence-corrected chi connectivity index (χ2v) is 40.5. The number of nitrogens with zero attached hydrogens (tertiary/aromatic N) is 20. The zero-order chi connectivity index (χ0) is 103. The predicted octanol–water partition coefficient (Wildman–Crippen LogP) is 27.7. The smallest absolute Gasteiger partial charge is 0.258 e. The quantitative estimate of drug-likeness (QED) is 0.0330. The average Bonchev–Trinajstić information content (AvgIpc) is 1.65. The van der Waals surface area contributed by atoms with Crippen LogP contribution in [0.1, 0.15) is 289 Å². The Morgan fingerprint density at radius 2 is 0.683 bits per heavy atom. The fourth-order valence-corrected chi connectivity index (χ4v) is 20.5. The van der Waals surface area contributed by atoms with Crippen LogP contribution < -0.4 is 4.74 Å². The van der Waals surface area contributed by atoms with Gasteiger partial charge in [-0.15, -0.1) is 0 Å². The fraction of sp³-hybridized carbons (Fsp3) is 0.414. The lowest BCUT2D eigenvalue weighted by atomic mass is 10.1. The van der Waals surface area contributed by atoms with Crippen molar-refractivity contribution in [1.82, 2.24) is 97.2 Å². The molecule has 5 aromatic carbocycles. The summed E-state index contributed by atoms with van der Waals surface area (Å²) in [7, 11) is 3.22. The number of hydrogen-bond donors (Lipinski definition) is 0. The molecule has 0 aliphatic heterocycles. The van der Waals surface area contributed by atoms with Crippen LogP contribution in [-0.2, 0) is 45.8 Å². The zero-order valence-corrected chi connectivity index (χ0v) is 89.3. The Morgan fingerprint density at radius 3 is 1.06 bits per heavy atom. The minimum absolute atomic E-state index is 0.0624. The van der Waals surface area contributed by atoms with Crippen LogP contribution in [0.15, 0.2) is 189 Å². The Hall–Kier alpha value is -11.7. The molecule has 0 atom stereocenters. The molecule has 3 aliphatic carbocycles. The third kappa shape index (κ3) is 27.6. The lowest BCUT2D eigenvalue weighted by Crippen LogP contribution is -2.35. The Bertz CT molecular complexity index is 6930. The van der Waals surface area contributed by atoms with E-state index in [-0.39, 0.29) is 35.1 Å². The first-order valence-electron chi connectivity index (χ1n) is 50.7. The Kier molecular flexibility index (Phi) is 39.9. The topological polar surface area (TPSA) is 264 Å². The molecule has 0 N–H and O–H groups in total. The number of methoxy groups -OCH3 is 1. The van der Waals surface area contributed by atoms with Crippen LogP contribution in [-0.4, -0.2) is 167 Å². The first-order valence-corrected chi connectivity index (χ1v) is 53.4. The molecule has 0 spiro atoms. The van der Waals surface area contributed by atoms with E-state index in [9.17, 15) is 28.4 Å². The summed E-state index contributed by atoms with van der Waals surface area (Å²) in [6, 6.07) is 46.6. The van der Waals surface area contributed by atoms with E-state index in [0.717, 1.165) is 201 Å². The highest BCUT2D eigenvalue weighted by Gasteiger charge is 2.34. The number of aromatic nitrogens is 15. The van der Waals surface area contributed by atoms with Crippen molar-refractivity contribution in [3.05, 3.63) is 287 Å². The highest BCUT2D eigenvalue weighted by atomic mass is 35.5. The molecule has 3 aliphatic rings. The van der Waals surface area contributed by atoms with Gasteiger partial charge in [0.15, 0.2) is 28.2 Å². The lowest BCUT2D eigenvalue weighted by molar-refractivity contribution is 0.0711. The van der Waals surface area contributed by atoms with Gasteiger partial charge in [0, 0.05) is 116 Å². The van der Waals surface area contributed by atoms with Crippen molar-refractivity contribution in [2.75, 3.05) is 40.3 Å². The van der Waals surface area contributed by atoms with Gasteiger partial charge < -0.3 is 52.1 Å². The van der Waals surface area contributed by atoms with Crippen LogP contribution >= 0.6 is 81.2 Å². The monoisotopic (exact) mass is 2100 g/mol. The Balaban J connectivity index is 0.000000144. The number of carbonyl (C=O) groups excluding carboxylic acids is 5. The standard InChI is InChI=1S/C25H31ClN4O2.C24H28Cl2N4O.C23H26Cl2N4O.C21H24Cl2N4O.C18H19FN4O/c1-3-4-7-15-29(25(31)20-13-12-18(26)16-22(20)32-2)17-23-28-21-11-8-14-27-24(21)30(23)19-9-5-6-10-19;1-2-3-6-14-29(24(31)19-15-17(25)11-12-20(19)26)16-22-28-21-10-7-13-27-23(21)30(22)18-8-4-5-9-18;1-15(2)13-28(23(30)18-12-16(24)9-10-19(18)25)14-21-27-20-8-5-11-26-22(20)29(21)17-6-3-4-7-17;1-3-5-12-26(21(28)16-13-15(22)8-9-17(16)23)14-19-25-18-7-6-10-24-20(18)27(19)11-4-2;1-3-11-23-16(21-15-9-6-10-20-17(15)23)12-22(2)18(24)13-7-4-5-8-14(13)19/h8,11-14,16,19H,3-7,9-10,15,17H2,1-2H3;7,10-13,15,18H,2-6,8-9,14,16H2,1H3;5,8-12,15,17H,3-4,6-7,13-14H2,1-2H3;6-10,13H,3-5,11-12,14H2,1-2H3;4-10H,3,11-12H2,1-2H3. The largest absolute Gasteiger partial charge is 0.496 e. The van der Waals surface area contributed by atoms with Gasteiger partial charge in [0.05, 0.1) is 82.7 Å². The number of benzene rings is 5. The number of rotatable bonds is 36. The molecule has 10 heterocycles. The van der Waals surface area contributed by atoms with Crippen molar-refractivity contribution in [2.45, 2.75) is 254 Å². The third-order valence-electron chi connectivity index (χ3n) is 26.3. The lowest BCUT2D eigenvalue weighted by Gasteiger charge is -2.26. The van der Waals surface area contributed by atoms with Gasteiger partial charge in [0.1, 0.15) is 68.3 Å². The van der Waals surface area contributed by atoms with Crippen molar-refractivity contribution in [3.63, 3.8) is 0 Å². The van der Waals surface area contributed by atoms with Crippen molar-refractivity contribution in [2.24, 2.45) is 5.92 Å². The van der Waals surface area contributed by atoms with E-state index in [1.165, 1.54) is 55.6 Å². The molecule has 3 saturated carbocycles. The molecule has 0 bridgehead atoms. The first kappa shape index (κ1) is 109. The minimum atomic E-state index is -0.516. The van der Waals surface area contributed by atoms with Crippen LogP contribution in [0.2, 0.25) is 35.2 Å². The summed E-state index contributed by atoms with van der Waals surface area (Å²) in [5.74, 6) is 3.73. The fourth-order valence-electron chi connectivity index (χ4n) is 19.3. The second kappa shape index (κ2) is 53.1. The van der Waals surface area contributed by atoms with Crippen LogP contribution in [0.3, 0.4) is 0 Å². The Morgan fingerprint density at radius 1 is 0.359 bits per heavy atom. The normalized spacial score (nSPS) is 13.2. The highest BCUT2D eigenvalue weighted by molar-refractivity contribution is 6.37. The molecule has 0 saturated heterocycles. The van der Waals surface area contributed by atoms with Crippen LogP contribution in [0.4, 0.5) is 4.39 Å². The summed E-state index contributed by atoms with van der Waals surface area (Å²) < 4.78 is 30.2. The SMILES string of the molecule is CC(C)CN(Cc1nc2cccnc2n1C1CCCC1)C(=O)c1cc(Cl)ccc1Cl.CCCCCN(Cc1nc2cccnc2n1C1CCCC1)C(=O)c1cc(Cl)ccc1Cl.CCCCCN(Cc1nc2cccnc2n1C1CCCC1)C(=O)c1ccc(Cl)cc1OC.CCCCN(Cc1nc2cccnc2n1CCC)C(=O)c1cc(Cl)ccc1Cl.CCCn1c(CN(C)C(=O)c2ccccc2F)nc2cccnc21. The molecule has 3 fully saturated rings. The summed E-state index contributed by atoms with van der Waals surface area (Å²) in [6.07, 6.45) is 32.9. The van der Waals surface area contributed by atoms with E-state index in [2.05, 4.69) is 96.6 Å². The number of imidazole rings is 5. The Labute approximate surface area is 882 Å². The van der Waals surface area contributed by atoms with Gasteiger partial charge in [-0.25, -0.2) is 54.2 Å². The van der Waals surface area contributed by atoms with Crippen molar-refractivity contribution in [1.29, 1.82) is 0 Å². The average molecular weight is 2110 g/mol. The van der Waals surface area contributed by atoms with Gasteiger partial charge >= 0.3 is 0 Å². The van der Waals surface area contributed by atoms with E-state index in [0.29, 0.717) is 146 Å². The van der Waals surface area contributed by atoms with Crippen LogP contribution in [0.25, 0.3) is 55.8 Å². The summed E-state index contributed by atoms with van der Waals surface area (Å²) in [6.45, 7) is 20.9. The maximum absolute atomic E-state index is 13.8. The summed E-state index contributed by atoms with van der Waals surface area (Å²) in [4.78, 5) is 122. The number of unbranched alkanes of at least 4 members (excludes halogenated alkanes) is 5. The molecule has 0 unspecified atom stereocenters. The van der Waals surface area contributed by atoms with E-state index in [4.69, 9.17) is 106 Å². The molecular formula is C111H128Cl7FN20O6. The van der Waals surface area contributed by atoms with Crippen molar-refractivity contribution < 1.29 is 33.1 Å². The molecular weight excluding hydrogens is 1980 g/mol. The summed E-state index contributed by atoms with van der Waals surface area (Å²) in [5, 5.41) is 3.26. The number of carbonyl (C=O) groups is 5. The first-order chi connectivity index (χ1) is 70.3. The molecule has 145 heavy (non-hydrogen) atoms. The molecule has 5 amide bonds. The number of pyridine rings is 5. The van der Waals surface area contributed by atoms with Gasteiger partial charge in [0.25, 0.3) is 29.5 Å². The molecule has 0 radical (unpaired) electrons. The molecule has 10 aromatic heterocycles. The van der Waals surface area contributed by atoms with E-state index in [1.54, 1.807) is 116 Å². The molecule has 26 nitrogen and oxygen atoms in total. The van der Waals surface area contributed by atoms with E-state index < -0.39 is 5.82 Å². The number of aryl methyl sites for hydroxylation is 2.